The van der Waals surface area contributed by atoms with E-state index in [1.807, 2.05) is 6.07 Å². The van der Waals surface area contributed by atoms with E-state index in [9.17, 15) is 0 Å². The molecule has 5 heteroatoms. The lowest BCUT2D eigenvalue weighted by Crippen LogP contribution is -2.41. The summed E-state index contributed by atoms with van der Waals surface area (Å²) in [5.41, 5.74) is 3.84. The van der Waals surface area contributed by atoms with Crippen LogP contribution in [0.1, 0.15) is 18.4 Å². The fraction of sp³-hybridized carbons (Fsp3) is 0.529. The molecular weight excluding hydrogens is 278 g/mol. The largest absolute Gasteiger partial charge is 0.497 e. The summed E-state index contributed by atoms with van der Waals surface area (Å²) >= 11 is 0. The van der Waals surface area contributed by atoms with Gasteiger partial charge in [-0.05, 0) is 43.5 Å². The standard InChI is InChI=1S/C17H25N3O2/c1-12-11-13(21-4)8-9-15(12)20-10-6-7-14-16(20)18(2)19(3)17(14)22-5/h8-9,11,17H,6-7,10H2,1-5H3. The number of hydrogen-bond donors (Lipinski definition) is 0. The van der Waals surface area contributed by atoms with Crippen LogP contribution in [0.2, 0.25) is 0 Å². The molecule has 1 unspecified atom stereocenters. The molecule has 22 heavy (non-hydrogen) atoms. The first-order chi connectivity index (χ1) is 10.6. The first-order valence-corrected chi connectivity index (χ1v) is 7.73. The van der Waals surface area contributed by atoms with Crippen LogP contribution in [0.4, 0.5) is 5.69 Å². The second-order valence-corrected chi connectivity index (χ2v) is 5.94. The molecule has 0 amide bonds. The van der Waals surface area contributed by atoms with Crippen molar-refractivity contribution >= 4 is 5.69 Å². The molecule has 0 spiro atoms. The zero-order valence-corrected chi connectivity index (χ0v) is 14.1. The van der Waals surface area contributed by atoms with Crippen molar-refractivity contribution in [3.05, 3.63) is 35.2 Å². The summed E-state index contributed by atoms with van der Waals surface area (Å²) in [6.45, 7) is 3.17. The Kier molecular flexibility index (Phi) is 4.02. The van der Waals surface area contributed by atoms with Gasteiger partial charge in [0.1, 0.15) is 11.6 Å². The molecule has 0 N–H and O–H groups in total. The molecule has 0 radical (unpaired) electrons. The second kappa shape index (κ2) is 5.82. The van der Waals surface area contributed by atoms with Gasteiger partial charge >= 0.3 is 0 Å². The van der Waals surface area contributed by atoms with Crippen molar-refractivity contribution in [3.63, 3.8) is 0 Å². The molecule has 0 aromatic heterocycles. The van der Waals surface area contributed by atoms with Gasteiger partial charge in [-0.2, -0.15) is 5.01 Å². The molecule has 2 heterocycles. The van der Waals surface area contributed by atoms with E-state index in [0.717, 1.165) is 25.1 Å². The van der Waals surface area contributed by atoms with E-state index in [2.05, 4.69) is 48.1 Å². The molecule has 3 rings (SSSR count). The first kappa shape index (κ1) is 15.2. The number of anilines is 1. The van der Waals surface area contributed by atoms with Gasteiger partial charge in [-0.15, -0.1) is 0 Å². The highest BCUT2D eigenvalue weighted by molar-refractivity contribution is 5.61. The highest BCUT2D eigenvalue weighted by atomic mass is 16.5. The molecule has 1 aromatic rings. The maximum absolute atomic E-state index is 5.69. The Labute approximate surface area is 132 Å². The van der Waals surface area contributed by atoms with E-state index in [1.165, 1.54) is 22.6 Å². The summed E-state index contributed by atoms with van der Waals surface area (Å²) in [5.74, 6) is 2.16. The monoisotopic (exact) mass is 303 g/mol. The normalized spacial score (nSPS) is 22.3. The van der Waals surface area contributed by atoms with E-state index in [1.54, 1.807) is 14.2 Å². The predicted octanol–water partition coefficient (Wildman–Crippen LogP) is 2.58. The molecular formula is C17H25N3O2. The molecule has 0 saturated carbocycles. The molecule has 2 aliphatic rings. The molecule has 0 saturated heterocycles. The zero-order valence-electron chi connectivity index (χ0n) is 14.1. The smallest absolute Gasteiger partial charge is 0.152 e. The fourth-order valence-electron chi connectivity index (χ4n) is 3.55. The SMILES string of the molecule is COc1ccc(N2CCCC3=C2N(C)N(C)C3OC)c(C)c1. The van der Waals surface area contributed by atoms with Gasteiger partial charge in [-0.25, -0.2) is 0 Å². The van der Waals surface area contributed by atoms with Gasteiger partial charge < -0.3 is 14.4 Å². The number of benzene rings is 1. The molecule has 120 valence electrons. The average Bonchev–Trinajstić information content (AvgIpc) is 2.78. The van der Waals surface area contributed by atoms with Crippen LogP contribution in [0.15, 0.2) is 29.6 Å². The minimum absolute atomic E-state index is 0.0429. The van der Waals surface area contributed by atoms with Crippen molar-refractivity contribution in [2.45, 2.75) is 26.0 Å². The van der Waals surface area contributed by atoms with E-state index in [-0.39, 0.29) is 6.23 Å². The lowest BCUT2D eigenvalue weighted by molar-refractivity contribution is -0.0663. The van der Waals surface area contributed by atoms with Crippen LogP contribution in [0, 0.1) is 6.92 Å². The second-order valence-electron chi connectivity index (χ2n) is 5.94. The van der Waals surface area contributed by atoms with Crippen LogP contribution in [0.3, 0.4) is 0 Å². The van der Waals surface area contributed by atoms with Gasteiger partial charge in [-0.3, -0.25) is 5.01 Å². The maximum atomic E-state index is 5.69. The van der Waals surface area contributed by atoms with Crippen molar-refractivity contribution in [1.29, 1.82) is 0 Å². The van der Waals surface area contributed by atoms with Crippen molar-refractivity contribution in [3.8, 4) is 5.75 Å². The van der Waals surface area contributed by atoms with E-state index >= 15 is 0 Å². The Morgan fingerprint density at radius 2 is 1.95 bits per heavy atom. The van der Waals surface area contributed by atoms with Crippen LogP contribution in [-0.4, -0.2) is 51.1 Å². The van der Waals surface area contributed by atoms with Crippen LogP contribution in [0.25, 0.3) is 0 Å². The van der Waals surface area contributed by atoms with Gasteiger partial charge in [0.25, 0.3) is 0 Å². The van der Waals surface area contributed by atoms with Crippen molar-refractivity contribution in [1.82, 2.24) is 10.0 Å². The van der Waals surface area contributed by atoms with Gasteiger partial charge in [0.05, 0.1) is 7.11 Å². The number of ether oxygens (including phenoxy) is 2. The number of hydrazine groups is 1. The number of rotatable bonds is 3. The number of hydrogen-bond acceptors (Lipinski definition) is 5. The molecule has 1 atom stereocenters. The van der Waals surface area contributed by atoms with Crippen LogP contribution >= 0.6 is 0 Å². The molecule has 1 aromatic carbocycles. The maximum Gasteiger partial charge on any atom is 0.152 e. The van der Waals surface area contributed by atoms with E-state index < -0.39 is 0 Å². The van der Waals surface area contributed by atoms with Gasteiger partial charge in [-0.1, -0.05) is 0 Å². The van der Waals surface area contributed by atoms with Crippen molar-refractivity contribution < 1.29 is 9.47 Å². The number of methoxy groups -OCH3 is 2. The fourth-order valence-corrected chi connectivity index (χ4v) is 3.55. The van der Waals surface area contributed by atoms with Crippen molar-refractivity contribution in [2.24, 2.45) is 0 Å². The van der Waals surface area contributed by atoms with Crippen molar-refractivity contribution in [2.75, 3.05) is 39.8 Å². The molecule has 0 aliphatic carbocycles. The summed E-state index contributed by atoms with van der Waals surface area (Å²) in [7, 11) is 7.67. The summed E-state index contributed by atoms with van der Waals surface area (Å²) < 4.78 is 11.0. The van der Waals surface area contributed by atoms with Crippen LogP contribution in [-0.2, 0) is 4.74 Å². The Hall–Kier alpha value is -1.72. The third kappa shape index (κ3) is 2.25. The Morgan fingerprint density at radius 3 is 2.59 bits per heavy atom. The Balaban J connectivity index is 2.02. The quantitative estimate of drug-likeness (QED) is 0.856. The highest BCUT2D eigenvalue weighted by Gasteiger charge is 2.39. The lowest BCUT2D eigenvalue weighted by Gasteiger charge is -2.36. The summed E-state index contributed by atoms with van der Waals surface area (Å²) in [6.07, 6.45) is 2.28. The molecule has 2 aliphatic heterocycles. The minimum atomic E-state index is 0.0429. The summed E-state index contributed by atoms with van der Waals surface area (Å²) in [6, 6.07) is 6.28. The summed E-state index contributed by atoms with van der Waals surface area (Å²) in [5, 5.41) is 4.36. The van der Waals surface area contributed by atoms with Crippen LogP contribution < -0.4 is 9.64 Å². The Bertz CT molecular complexity index is 600. The van der Waals surface area contributed by atoms with E-state index in [0.29, 0.717) is 0 Å². The predicted molar refractivity (Wildman–Crippen MR) is 87.7 cm³/mol. The lowest BCUT2D eigenvalue weighted by atomic mass is 10.0. The highest BCUT2D eigenvalue weighted by Crippen LogP contribution is 2.39. The minimum Gasteiger partial charge on any atom is -0.497 e. The molecule has 5 nitrogen and oxygen atoms in total. The molecule has 0 bridgehead atoms. The third-order valence-corrected chi connectivity index (χ3v) is 4.71. The third-order valence-electron chi connectivity index (χ3n) is 4.71. The topological polar surface area (TPSA) is 28.2 Å². The summed E-state index contributed by atoms with van der Waals surface area (Å²) in [4.78, 5) is 2.41. The number of nitrogens with zero attached hydrogens (tertiary/aromatic N) is 3. The van der Waals surface area contributed by atoms with Gasteiger partial charge in [0.2, 0.25) is 0 Å². The zero-order chi connectivity index (χ0) is 15.9. The van der Waals surface area contributed by atoms with Crippen LogP contribution in [0.5, 0.6) is 5.75 Å². The average molecular weight is 303 g/mol. The molecule has 0 fully saturated rings. The first-order valence-electron chi connectivity index (χ1n) is 7.73. The van der Waals surface area contributed by atoms with Gasteiger partial charge in [0, 0.05) is 39.0 Å². The van der Waals surface area contributed by atoms with E-state index in [4.69, 9.17) is 9.47 Å². The Morgan fingerprint density at radius 1 is 1.18 bits per heavy atom. The van der Waals surface area contributed by atoms with Gasteiger partial charge in [0.15, 0.2) is 6.23 Å². The number of aryl methyl sites for hydroxylation is 1. The number of likely N-dealkylation sites (N-methyl/N-ethyl adjacent to an activating group) is 1.